The number of carbonyl (C=O) groups excluding carboxylic acids is 1. The van der Waals surface area contributed by atoms with Gasteiger partial charge in [0, 0.05) is 12.1 Å². The molecular formula is C23H29N3O6S. The number of nitro groups is 1. The van der Waals surface area contributed by atoms with Gasteiger partial charge in [-0.05, 0) is 55.4 Å². The second-order valence-electron chi connectivity index (χ2n) is 8.21. The maximum absolute atomic E-state index is 13.3. The summed E-state index contributed by atoms with van der Waals surface area (Å²) in [6, 6.07) is 8.34. The Hall–Kier alpha value is -3.14. The number of sulfonamides is 1. The minimum atomic E-state index is -3.99. The molecule has 3 rings (SSSR count). The van der Waals surface area contributed by atoms with E-state index >= 15 is 0 Å². The molecule has 9 nitrogen and oxygen atoms in total. The normalized spacial score (nSPS) is 14.8. The number of nitro benzene ring substituents is 1. The standard InChI is InChI=1S/C23H29N3O6S/c1-5-20(23(27)24-15(2)17-10-9-16-7-6-8-18(16)13-17)25(33(4,30)31)21-14-19(26(28)29)11-12-22(21)32-3/h9-15,20H,5-8H2,1-4H3,(H,24,27)/t15-,20+/m1/s1. The van der Waals surface area contributed by atoms with E-state index in [0.29, 0.717) is 0 Å². The molecule has 0 saturated carbocycles. The molecule has 1 aliphatic carbocycles. The summed E-state index contributed by atoms with van der Waals surface area (Å²) < 4.78 is 31.7. The molecule has 2 aromatic rings. The fourth-order valence-electron chi connectivity index (χ4n) is 4.25. The van der Waals surface area contributed by atoms with E-state index in [2.05, 4.69) is 17.4 Å². The Morgan fingerprint density at radius 3 is 2.52 bits per heavy atom. The lowest BCUT2D eigenvalue weighted by Gasteiger charge is -2.31. The maximum Gasteiger partial charge on any atom is 0.271 e. The molecule has 0 aliphatic heterocycles. The average Bonchev–Trinajstić information content (AvgIpc) is 3.23. The van der Waals surface area contributed by atoms with E-state index in [-0.39, 0.29) is 29.6 Å². The largest absolute Gasteiger partial charge is 0.495 e. The molecule has 178 valence electrons. The summed E-state index contributed by atoms with van der Waals surface area (Å²) in [7, 11) is -2.65. The van der Waals surface area contributed by atoms with Crippen LogP contribution in [-0.2, 0) is 27.7 Å². The van der Waals surface area contributed by atoms with Crippen LogP contribution in [0.25, 0.3) is 0 Å². The molecule has 0 heterocycles. The van der Waals surface area contributed by atoms with Gasteiger partial charge in [-0.15, -0.1) is 0 Å². The Labute approximate surface area is 193 Å². The van der Waals surface area contributed by atoms with Gasteiger partial charge < -0.3 is 10.1 Å². The molecule has 1 amide bonds. The minimum Gasteiger partial charge on any atom is -0.495 e. The number of methoxy groups -OCH3 is 1. The monoisotopic (exact) mass is 475 g/mol. The summed E-state index contributed by atoms with van der Waals surface area (Å²) in [6.45, 7) is 3.53. The van der Waals surface area contributed by atoms with E-state index in [1.54, 1.807) is 6.92 Å². The van der Waals surface area contributed by atoms with Crippen LogP contribution in [0.5, 0.6) is 5.75 Å². The van der Waals surface area contributed by atoms with Gasteiger partial charge in [-0.1, -0.05) is 25.1 Å². The molecule has 0 spiro atoms. The summed E-state index contributed by atoms with van der Waals surface area (Å²) in [5.74, 6) is -0.381. The number of rotatable bonds is 9. The van der Waals surface area contributed by atoms with Crippen molar-refractivity contribution in [2.24, 2.45) is 0 Å². The van der Waals surface area contributed by atoms with Crippen LogP contribution in [0.2, 0.25) is 0 Å². The van der Waals surface area contributed by atoms with Crippen LogP contribution in [0.4, 0.5) is 11.4 Å². The number of hydrogen-bond donors (Lipinski definition) is 1. The second-order valence-corrected chi connectivity index (χ2v) is 10.1. The summed E-state index contributed by atoms with van der Waals surface area (Å²) in [5.41, 5.74) is 3.18. The van der Waals surface area contributed by atoms with Crippen molar-refractivity contribution in [1.29, 1.82) is 0 Å². The number of nitrogens with one attached hydrogen (secondary N) is 1. The van der Waals surface area contributed by atoms with Crippen LogP contribution in [0.15, 0.2) is 36.4 Å². The van der Waals surface area contributed by atoms with Crippen LogP contribution >= 0.6 is 0 Å². The molecule has 1 aliphatic rings. The fourth-order valence-corrected chi connectivity index (χ4v) is 5.46. The van der Waals surface area contributed by atoms with Gasteiger partial charge in [-0.3, -0.25) is 19.2 Å². The molecule has 0 saturated heterocycles. The van der Waals surface area contributed by atoms with Crippen molar-refractivity contribution in [3.05, 3.63) is 63.2 Å². The highest BCUT2D eigenvalue weighted by molar-refractivity contribution is 7.92. The smallest absolute Gasteiger partial charge is 0.271 e. The van der Waals surface area contributed by atoms with E-state index in [4.69, 9.17) is 4.74 Å². The average molecular weight is 476 g/mol. The molecule has 0 aromatic heterocycles. The molecule has 2 aromatic carbocycles. The molecule has 2 atom stereocenters. The Morgan fingerprint density at radius 2 is 1.91 bits per heavy atom. The van der Waals surface area contributed by atoms with E-state index in [9.17, 15) is 23.3 Å². The topological polar surface area (TPSA) is 119 Å². The molecule has 10 heteroatoms. The second kappa shape index (κ2) is 9.78. The molecule has 0 fully saturated rings. The highest BCUT2D eigenvalue weighted by atomic mass is 32.2. The number of anilines is 1. The molecular weight excluding hydrogens is 446 g/mol. The Balaban J connectivity index is 1.94. The number of aryl methyl sites for hydroxylation is 2. The van der Waals surface area contributed by atoms with Crippen LogP contribution in [0, 0.1) is 10.1 Å². The minimum absolute atomic E-state index is 0.0543. The summed E-state index contributed by atoms with van der Waals surface area (Å²) >= 11 is 0. The third kappa shape index (κ3) is 5.27. The molecule has 0 unspecified atom stereocenters. The predicted molar refractivity (Wildman–Crippen MR) is 126 cm³/mol. The number of non-ortho nitro benzene ring substituents is 1. The van der Waals surface area contributed by atoms with Crippen LogP contribution in [-0.4, -0.2) is 38.7 Å². The zero-order valence-corrected chi connectivity index (χ0v) is 20.0. The van der Waals surface area contributed by atoms with Crippen LogP contribution < -0.4 is 14.4 Å². The van der Waals surface area contributed by atoms with E-state index in [1.807, 2.05) is 13.0 Å². The van der Waals surface area contributed by atoms with Gasteiger partial charge in [0.1, 0.15) is 17.5 Å². The van der Waals surface area contributed by atoms with Gasteiger partial charge >= 0.3 is 0 Å². The molecule has 0 bridgehead atoms. The van der Waals surface area contributed by atoms with Crippen molar-refractivity contribution >= 4 is 27.3 Å². The third-order valence-corrected chi connectivity index (χ3v) is 7.09. The first-order valence-electron chi connectivity index (χ1n) is 10.8. The molecule has 0 radical (unpaired) electrons. The number of benzene rings is 2. The zero-order valence-electron chi connectivity index (χ0n) is 19.2. The number of fused-ring (bicyclic) bond motifs is 1. The van der Waals surface area contributed by atoms with Crippen molar-refractivity contribution in [3.63, 3.8) is 0 Å². The Kier molecular flexibility index (Phi) is 7.26. The number of ether oxygens (including phenoxy) is 1. The Morgan fingerprint density at radius 1 is 1.21 bits per heavy atom. The summed E-state index contributed by atoms with van der Waals surface area (Å²) in [6.07, 6.45) is 4.30. The quantitative estimate of drug-likeness (QED) is 0.438. The van der Waals surface area contributed by atoms with Gasteiger partial charge in [0.05, 0.1) is 24.3 Å². The van der Waals surface area contributed by atoms with Crippen molar-refractivity contribution in [3.8, 4) is 5.75 Å². The lowest BCUT2D eigenvalue weighted by atomic mass is 10.0. The zero-order chi connectivity index (χ0) is 24.3. The van der Waals surface area contributed by atoms with Gasteiger partial charge in [-0.25, -0.2) is 8.42 Å². The van der Waals surface area contributed by atoms with E-state index < -0.39 is 26.9 Å². The van der Waals surface area contributed by atoms with E-state index in [0.717, 1.165) is 41.5 Å². The number of hydrogen-bond acceptors (Lipinski definition) is 6. The van der Waals surface area contributed by atoms with E-state index in [1.165, 1.54) is 30.4 Å². The predicted octanol–water partition coefficient (Wildman–Crippen LogP) is 3.51. The highest BCUT2D eigenvalue weighted by Gasteiger charge is 2.35. The molecule has 33 heavy (non-hydrogen) atoms. The van der Waals surface area contributed by atoms with Crippen molar-refractivity contribution in [1.82, 2.24) is 5.32 Å². The van der Waals surface area contributed by atoms with Gasteiger partial charge in [0.15, 0.2) is 0 Å². The van der Waals surface area contributed by atoms with Crippen molar-refractivity contribution in [2.75, 3.05) is 17.7 Å². The summed E-state index contributed by atoms with van der Waals surface area (Å²) in [4.78, 5) is 24.0. The van der Waals surface area contributed by atoms with Crippen molar-refractivity contribution < 1.29 is 22.9 Å². The number of amides is 1. The van der Waals surface area contributed by atoms with Crippen LogP contribution in [0.1, 0.15) is 49.4 Å². The lowest BCUT2D eigenvalue weighted by molar-refractivity contribution is -0.384. The lowest BCUT2D eigenvalue weighted by Crippen LogP contribution is -2.49. The summed E-state index contributed by atoms with van der Waals surface area (Å²) in [5, 5.41) is 14.2. The van der Waals surface area contributed by atoms with Crippen molar-refractivity contribution in [2.45, 2.75) is 51.6 Å². The third-order valence-electron chi connectivity index (χ3n) is 5.92. The Bertz CT molecular complexity index is 1160. The SMILES string of the molecule is CC[C@@H](C(=O)N[C@H](C)c1ccc2c(c1)CCC2)N(c1cc([N+](=O)[O-])ccc1OC)S(C)(=O)=O. The van der Waals surface area contributed by atoms with Gasteiger partial charge in [0.2, 0.25) is 15.9 Å². The molecule has 1 N–H and O–H groups in total. The maximum atomic E-state index is 13.3. The first-order chi connectivity index (χ1) is 15.6. The first-order valence-corrected chi connectivity index (χ1v) is 12.7. The highest BCUT2D eigenvalue weighted by Crippen LogP contribution is 2.36. The number of carbonyl (C=O) groups is 1. The number of nitrogens with zero attached hydrogens (tertiary/aromatic N) is 2. The fraction of sp³-hybridized carbons (Fsp3) is 0.435. The first kappa shape index (κ1) is 24.5. The van der Waals surface area contributed by atoms with Gasteiger partial charge in [-0.2, -0.15) is 0 Å². The van der Waals surface area contributed by atoms with Gasteiger partial charge in [0.25, 0.3) is 5.69 Å². The van der Waals surface area contributed by atoms with Crippen LogP contribution in [0.3, 0.4) is 0 Å².